The van der Waals surface area contributed by atoms with Crippen LogP contribution in [-0.4, -0.2) is 0 Å². The average molecular weight is 304 g/mol. The largest absolute Gasteiger partial charge is 2.00 e. The first-order chi connectivity index (χ1) is 7.00. The molecule has 16 heavy (non-hydrogen) atoms. The molecule has 2 radical (unpaired) electrons. The van der Waals surface area contributed by atoms with Crippen molar-refractivity contribution in [3.63, 3.8) is 0 Å². The summed E-state index contributed by atoms with van der Waals surface area (Å²) in [5.41, 5.74) is 11.5. The van der Waals surface area contributed by atoms with E-state index in [-0.39, 0.29) is 33.6 Å². The first kappa shape index (κ1) is 24.2. The Balaban J connectivity index is -0.0000000631. The van der Waals surface area contributed by atoms with E-state index < -0.39 is 0 Å². The van der Waals surface area contributed by atoms with Crippen LogP contribution in [0.3, 0.4) is 0 Å². The fourth-order valence-corrected chi connectivity index (χ4v) is 0.501. The van der Waals surface area contributed by atoms with Crippen molar-refractivity contribution in [3.05, 3.63) is 81.7 Å². The predicted molar refractivity (Wildman–Crippen MR) is 52.9 cm³/mol. The van der Waals surface area contributed by atoms with Crippen LogP contribution in [0, 0.1) is 34.1 Å². The van der Waals surface area contributed by atoms with E-state index in [1.807, 2.05) is 30.3 Å². The molecule has 0 atom stereocenters. The Morgan fingerprint density at radius 1 is 0.812 bits per heavy atom. The molecule has 0 amide bonds. The zero-order valence-electron chi connectivity index (χ0n) is 7.84. The number of hydrogen-bond acceptors (Lipinski definition) is 2. The van der Waals surface area contributed by atoms with Gasteiger partial charge in [0.25, 0.3) is 0 Å². The summed E-state index contributed by atoms with van der Waals surface area (Å²) in [6.07, 6.45) is 0. The van der Waals surface area contributed by atoms with Crippen molar-refractivity contribution in [1.29, 1.82) is 0 Å². The van der Waals surface area contributed by atoms with E-state index in [2.05, 4.69) is 24.3 Å². The summed E-state index contributed by atoms with van der Waals surface area (Å²) in [5, 5.41) is 0. The molecule has 0 saturated heterocycles. The first-order valence-electron chi connectivity index (χ1n) is 3.36. The maximum Gasteiger partial charge on any atom is 2.00 e. The van der Waals surface area contributed by atoms with Crippen LogP contribution in [0.1, 0.15) is 0 Å². The molecule has 2 aromatic carbocycles. The van der Waals surface area contributed by atoms with Gasteiger partial charge in [0, 0.05) is 0 Å². The van der Waals surface area contributed by atoms with Crippen LogP contribution in [0.15, 0.2) is 36.4 Å². The molecule has 0 unspecified atom stereocenters. The van der Waals surface area contributed by atoms with Gasteiger partial charge in [-0.15, -0.1) is 0 Å². The molecular weight excluding hydrogens is 298 g/mol. The van der Waals surface area contributed by atoms with Gasteiger partial charge in [0.2, 0.25) is 0 Å². The van der Waals surface area contributed by atoms with E-state index in [9.17, 15) is 0 Å². The molecule has 90 valence electrons. The van der Waals surface area contributed by atoms with Crippen LogP contribution >= 0.6 is 0 Å². The van der Waals surface area contributed by atoms with E-state index >= 15 is 0 Å². The molecule has 4 nitrogen and oxygen atoms in total. The van der Waals surface area contributed by atoms with Crippen molar-refractivity contribution in [2.45, 2.75) is 0 Å². The van der Waals surface area contributed by atoms with E-state index in [1.54, 1.807) is 6.07 Å². The summed E-state index contributed by atoms with van der Waals surface area (Å²) in [5.74, 6) is 0. The summed E-state index contributed by atoms with van der Waals surface area (Å²) in [4.78, 5) is 14.5. The van der Waals surface area contributed by atoms with Crippen LogP contribution in [0.4, 0.5) is 0 Å². The minimum Gasteiger partial charge on any atom is -0.999 e. The van der Waals surface area contributed by atoms with Gasteiger partial charge in [-0.2, -0.15) is 18.2 Å². The minimum atomic E-state index is 0. The average Bonchev–Trinajstić information content (AvgIpc) is 3.01. The van der Waals surface area contributed by atoms with Crippen molar-refractivity contribution in [2.75, 3.05) is 0 Å². The van der Waals surface area contributed by atoms with Crippen LogP contribution in [0.5, 0.6) is 0 Å². The SMILES string of the molecule is [Co+2].[Co+2].[N-]=O.[N-]=O.[c-]1[c-][c-][cH-][c-]1.c1cc[cH-]c1. The van der Waals surface area contributed by atoms with Gasteiger partial charge in [-0.3, -0.25) is 0 Å². The molecule has 0 aliphatic rings. The summed E-state index contributed by atoms with van der Waals surface area (Å²) in [7, 11) is 0. The predicted octanol–water partition coefficient (Wildman–Crippen LogP) is 2.65. The van der Waals surface area contributed by atoms with E-state index in [4.69, 9.17) is 21.0 Å². The van der Waals surface area contributed by atoms with Gasteiger partial charge in [-0.1, -0.05) is 0 Å². The molecule has 2 rings (SSSR count). The van der Waals surface area contributed by atoms with E-state index in [1.165, 1.54) is 0 Å². The van der Waals surface area contributed by atoms with Gasteiger partial charge in [0.1, 0.15) is 0 Å². The zero-order valence-corrected chi connectivity index (χ0v) is 9.92. The van der Waals surface area contributed by atoms with Gasteiger partial charge in [-0.05, 0) is 0 Å². The standard InChI is InChI=1S/C5H5.C5H.2Co.2NO/c2*1-2-4-5-3-1;;;2*1-2/h1-5H;1H;;;;/q-1;-5;2*+2;2*-1. The normalized spacial score (nSPS) is 5.50. The van der Waals surface area contributed by atoms with Gasteiger partial charge >= 0.3 is 33.6 Å². The van der Waals surface area contributed by atoms with E-state index in [0.717, 1.165) is 0 Å². The van der Waals surface area contributed by atoms with Crippen molar-refractivity contribution >= 4 is 0 Å². The Kier molecular flexibility index (Phi) is 44.2. The minimum absolute atomic E-state index is 0. The maximum atomic E-state index is 7.25. The third-order valence-corrected chi connectivity index (χ3v) is 0.907. The Morgan fingerprint density at radius 3 is 1.31 bits per heavy atom. The molecule has 0 spiro atoms. The van der Waals surface area contributed by atoms with Gasteiger partial charge < -0.3 is 51.3 Å². The Hall–Kier alpha value is -1.09. The molecule has 0 fully saturated rings. The molecule has 0 N–H and O–H groups in total. The quantitative estimate of drug-likeness (QED) is 0.701. The van der Waals surface area contributed by atoms with E-state index in [0.29, 0.717) is 0 Å². The zero-order chi connectivity index (χ0) is 11.1. The third-order valence-electron chi connectivity index (χ3n) is 0.907. The molecule has 6 heteroatoms. The number of nitrogens with zero attached hydrogens (tertiary/aromatic N) is 2. The maximum absolute atomic E-state index is 7.25. The number of hydrogen-bond donors (Lipinski definition) is 0. The molecule has 0 aliphatic carbocycles. The molecule has 0 heterocycles. The number of rotatable bonds is 0. The van der Waals surface area contributed by atoms with Crippen LogP contribution in [-0.2, 0) is 33.6 Å². The van der Waals surface area contributed by atoms with Crippen molar-refractivity contribution in [2.24, 2.45) is 0 Å². The Bertz CT molecular complexity index is 187. The monoisotopic (exact) mass is 304 g/mol. The molecule has 0 aromatic heterocycles. The van der Waals surface area contributed by atoms with Crippen LogP contribution < -0.4 is 0 Å². The Labute approximate surface area is 115 Å². The second-order valence-corrected chi connectivity index (χ2v) is 1.65. The summed E-state index contributed by atoms with van der Waals surface area (Å²) in [6.45, 7) is 0. The van der Waals surface area contributed by atoms with Crippen molar-refractivity contribution in [1.82, 2.24) is 0 Å². The van der Waals surface area contributed by atoms with Gasteiger partial charge in [0.05, 0.1) is 0 Å². The fraction of sp³-hybridized carbons (Fsp3) is 0. The molecular formula is C10H6Co2N2O2-4. The first-order valence-corrected chi connectivity index (χ1v) is 3.36. The van der Waals surface area contributed by atoms with Crippen LogP contribution in [0.25, 0.3) is 11.2 Å². The topological polar surface area (TPSA) is 78.7 Å². The molecule has 0 bridgehead atoms. The van der Waals surface area contributed by atoms with Gasteiger partial charge in [0.15, 0.2) is 0 Å². The van der Waals surface area contributed by atoms with Crippen LogP contribution in [0.2, 0.25) is 0 Å². The summed E-state index contributed by atoms with van der Waals surface area (Å²) >= 11 is 0. The summed E-state index contributed by atoms with van der Waals surface area (Å²) < 4.78 is 0. The fourth-order valence-electron chi connectivity index (χ4n) is 0.501. The smallest absolute Gasteiger partial charge is 0.999 e. The number of nitroso groups, excluding NO2 is 2. The third kappa shape index (κ3) is 23.1. The molecule has 0 saturated carbocycles. The molecule has 0 aliphatic heterocycles. The second-order valence-electron chi connectivity index (χ2n) is 1.65. The van der Waals surface area contributed by atoms with Gasteiger partial charge in [-0.25, -0.2) is 12.1 Å². The summed E-state index contributed by atoms with van der Waals surface area (Å²) in [6, 6.07) is 22.0. The molecule has 2 aromatic rings. The second kappa shape index (κ2) is 29.2. The van der Waals surface area contributed by atoms with Crippen molar-refractivity contribution < 1.29 is 33.6 Å². The van der Waals surface area contributed by atoms with Crippen molar-refractivity contribution in [3.8, 4) is 0 Å². The Morgan fingerprint density at radius 2 is 1.19 bits per heavy atom.